The summed E-state index contributed by atoms with van der Waals surface area (Å²) in [5.74, 6) is -5.26. The zero-order chi connectivity index (χ0) is 24.2. The first-order chi connectivity index (χ1) is 14.5. The summed E-state index contributed by atoms with van der Waals surface area (Å²) < 4.78 is 127. The van der Waals surface area contributed by atoms with Crippen LogP contribution in [-0.4, -0.2) is 44.6 Å². The van der Waals surface area contributed by atoms with Crippen molar-refractivity contribution in [1.29, 1.82) is 0 Å². The average molecular weight is 429 g/mol. The third kappa shape index (κ3) is 4.71. The van der Waals surface area contributed by atoms with Gasteiger partial charge in [-0.2, -0.15) is 26.3 Å². The van der Waals surface area contributed by atoms with Crippen molar-refractivity contribution in [3.63, 3.8) is 0 Å². The lowest BCUT2D eigenvalue weighted by atomic mass is 10.0. The summed E-state index contributed by atoms with van der Waals surface area (Å²) >= 11 is 0. The molecule has 1 aliphatic rings. The quantitative estimate of drug-likeness (QED) is 0.549. The number of carbonyl (C=O) groups is 1. The van der Waals surface area contributed by atoms with Gasteiger partial charge in [0.1, 0.15) is 7.67 Å². The summed E-state index contributed by atoms with van der Waals surface area (Å²) in [6.45, 7) is -2.00. The second-order valence-corrected chi connectivity index (χ2v) is 6.00. The molecule has 0 N–H and O–H groups in total. The Morgan fingerprint density at radius 1 is 1.10 bits per heavy atom. The lowest BCUT2D eigenvalue weighted by molar-refractivity contribution is -0.160. The number of carbonyl (C=O) groups excluding carboxylic acids is 1. The normalized spacial score (nSPS) is 19.0. The number of aromatic nitrogens is 3. The van der Waals surface area contributed by atoms with Gasteiger partial charge in [0.15, 0.2) is 5.82 Å². The number of nitrogens with zero attached hydrogens (tertiary/aromatic N) is 4. The highest BCUT2D eigenvalue weighted by Gasteiger charge is 2.45. The van der Waals surface area contributed by atoms with Crippen LogP contribution in [0.25, 0.3) is 17.6 Å². The van der Waals surface area contributed by atoms with Crippen molar-refractivity contribution < 1.29 is 44.0 Å². The van der Waals surface area contributed by atoms with Crippen LogP contribution >= 0.6 is 0 Å². The van der Waals surface area contributed by atoms with Gasteiger partial charge >= 0.3 is 12.4 Å². The Morgan fingerprint density at radius 2 is 1.66 bits per heavy atom. The van der Waals surface area contributed by atoms with Gasteiger partial charge in [0, 0.05) is 17.8 Å². The number of rotatable bonds is 3. The van der Waals surface area contributed by atoms with E-state index in [1.165, 1.54) is 0 Å². The average Bonchev–Trinajstić information content (AvgIpc) is 3.04. The molecular weight excluding hydrogens is 416 g/mol. The number of benzene rings is 1. The van der Waals surface area contributed by atoms with Crippen molar-refractivity contribution in [3.05, 3.63) is 41.7 Å². The van der Waals surface area contributed by atoms with E-state index in [1.807, 2.05) is 0 Å². The molecule has 2 heterocycles. The van der Waals surface area contributed by atoms with E-state index in [9.17, 15) is 39.9 Å². The van der Waals surface area contributed by atoms with Gasteiger partial charge < -0.3 is 4.90 Å². The molecule has 1 amide bonds. The van der Waals surface area contributed by atoms with Crippen molar-refractivity contribution in [3.8, 4) is 11.4 Å². The third-order valence-electron chi connectivity index (χ3n) is 3.69. The van der Waals surface area contributed by atoms with E-state index in [4.69, 9.17) is 4.11 Å². The number of hydrogen-bond acceptors (Lipinski definition) is 3. The Morgan fingerprint density at radius 3 is 2.14 bits per heavy atom. The molecule has 0 saturated carbocycles. The summed E-state index contributed by atoms with van der Waals surface area (Å²) in [5.41, 5.74) is -4.11. The van der Waals surface area contributed by atoms with Gasteiger partial charge in [-0.1, -0.05) is 0 Å². The molecule has 1 fully saturated rings. The van der Waals surface area contributed by atoms with Crippen molar-refractivity contribution >= 4 is 12.1 Å². The second-order valence-electron chi connectivity index (χ2n) is 6.00. The smallest absolute Gasteiger partial charge is 0.327 e. The Balaban J connectivity index is 2.02. The van der Waals surface area contributed by atoms with E-state index in [1.54, 1.807) is 0 Å². The minimum Gasteiger partial charge on any atom is -0.327 e. The molecule has 5 nitrogen and oxygen atoms in total. The molecule has 0 aliphatic carbocycles. The van der Waals surface area contributed by atoms with Crippen LogP contribution in [0.2, 0.25) is 0 Å². The molecule has 0 radical (unpaired) electrons. The lowest BCUT2D eigenvalue weighted by Crippen LogP contribution is -2.58. The number of hydrogen-bond donors (Lipinski definition) is 0. The van der Waals surface area contributed by atoms with Crippen LogP contribution in [0.4, 0.5) is 35.1 Å². The van der Waals surface area contributed by atoms with Gasteiger partial charge in [-0.3, -0.25) is 4.79 Å². The van der Waals surface area contributed by atoms with Crippen LogP contribution in [0, 0.1) is 0 Å². The predicted molar refractivity (Wildman–Crippen MR) is 82.3 cm³/mol. The van der Waals surface area contributed by atoms with Crippen molar-refractivity contribution in [1.82, 2.24) is 19.7 Å². The largest absolute Gasteiger partial charge is 0.416 e. The van der Waals surface area contributed by atoms with E-state index < -0.39 is 78.3 Å². The maximum atomic E-state index is 13.0. The van der Waals surface area contributed by atoms with Crippen molar-refractivity contribution in [2.45, 2.75) is 18.3 Å². The Bertz CT molecular complexity index is 1070. The molecule has 29 heavy (non-hydrogen) atoms. The molecular formula is C16H10F8N4O. The van der Waals surface area contributed by atoms with Gasteiger partial charge in [-0.15, -0.1) is 5.10 Å². The topological polar surface area (TPSA) is 51.0 Å². The Labute approximate surface area is 161 Å². The highest BCUT2D eigenvalue weighted by molar-refractivity contribution is 5.90. The van der Waals surface area contributed by atoms with Crippen LogP contribution in [0.15, 0.2) is 30.6 Å². The molecule has 0 bridgehead atoms. The van der Waals surface area contributed by atoms with E-state index in [0.29, 0.717) is 17.0 Å². The van der Waals surface area contributed by atoms with Gasteiger partial charge in [-0.25, -0.2) is 18.4 Å². The van der Waals surface area contributed by atoms with Crippen molar-refractivity contribution in [2.24, 2.45) is 0 Å². The van der Waals surface area contributed by atoms with Crippen LogP contribution in [0.5, 0.6) is 0 Å². The summed E-state index contributed by atoms with van der Waals surface area (Å²) in [6, 6.07) is -0.695. The molecule has 3 rings (SSSR count). The van der Waals surface area contributed by atoms with E-state index in [-0.39, 0.29) is 10.7 Å². The second kappa shape index (κ2) is 6.81. The lowest BCUT2D eigenvalue weighted by Gasteiger charge is -2.37. The molecule has 1 aromatic heterocycles. The Kier molecular flexibility index (Phi) is 3.97. The molecule has 13 heteroatoms. The minimum atomic E-state index is -5.15. The first-order valence-corrected chi connectivity index (χ1v) is 7.58. The van der Waals surface area contributed by atoms with Gasteiger partial charge in [0.25, 0.3) is 5.92 Å². The molecule has 2 aromatic rings. The van der Waals surface area contributed by atoms with E-state index >= 15 is 0 Å². The van der Waals surface area contributed by atoms with Gasteiger partial charge in [0.2, 0.25) is 5.91 Å². The summed E-state index contributed by atoms with van der Waals surface area (Å²) in [4.78, 5) is 15.9. The zero-order valence-corrected chi connectivity index (χ0v) is 13.9. The molecule has 0 atom stereocenters. The fourth-order valence-corrected chi connectivity index (χ4v) is 2.33. The maximum absolute atomic E-state index is 13.0. The van der Waals surface area contributed by atoms with Crippen LogP contribution < -0.4 is 0 Å². The molecule has 156 valence electrons. The molecule has 1 aromatic carbocycles. The standard InChI is InChI=1S/C16H10F8N4O/c17-14(18)6-27(7-14)12(29)1-2-28-8-25-13(26-28)9-3-10(15(19,20)21)5-11(4-9)16(22,23)24/h1-5,8H,6-7H2/b2-1-/i1D,2D,8D. The molecule has 0 unspecified atom stereocenters. The Hall–Kier alpha value is -2.99. The molecule has 1 aliphatic heterocycles. The van der Waals surface area contributed by atoms with Crippen LogP contribution in [-0.2, 0) is 17.1 Å². The fraction of sp³-hybridized carbons (Fsp3) is 0.312. The summed E-state index contributed by atoms with van der Waals surface area (Å²) in [7, 11) is 0. The third-order valence-corrected chi connectivity index (χ3v) is 3.69. The van der Waals surface area contributed by atoms with E-state index in [0.717, 1.165) is 0 Å². The SMILES string of the molecule is [2H]/C(C(=O)N1CC(F)(F)C1)=C(\[2H])n1nc(-c2cc(C(F)(F)F)cc(C(F)(F)F)c2)nc1[2H]. The predicted octanol–water partition coefficient (Wildman–Crippen LogP) is 3.93. The first-order valence-electron chi connectivity index (χ1n) is 9.08. The van der Waals surface area contributed by atoms with Gasteiger partial charge in [0.05, 0.1) is 27.0 Å². The fourth-order valence-electron chi connectivity index (χ4n) is 2.33. The molecule has 0 spiro atoms. The van der Waals surface area contributed by atoms with Crippen LogP contribution in [0.3, 0.4) is 0 Å². The maximum Gasteiger partial charge on any atom is 0.416 e. The number of likely N-dealkylation sites (tertiary alicyclic amines) is 1. The minimum absolute atomic E-state index is 0.124. The van der Waals surface area contributed by atoms with Crippen LogP contribution in [0.1, 0.15) is 15.2 Å². The number of halogens is 8. The number of amides is 1. The highest BCUT2D eigenvalue weighted by atomic mass is 19.4. The summed E-state index contributed by atoms with van der Waals surface area (Å²) in [5, 5.41) is 3.46. The summed E-state index contributed by atoms with van der Waals surface area (Å²) in [6.07, 6.45) is -12.4. The van der Waals surface area contributed by atoms with Gasteiger partial charge in [-0.05, 0) is 18.2 Å². The highest BCUT2D eigenvalue weighted by Crippen LogP contribution is 2.38. The zero-order valence-electron chi connectivity index (χ0n) is 16.9. The molecule has 1 saturated heterocycles. The van der Waals surface area contributed by atoms with E-state index in [2.05, 4.69) is 10.1 Å². The first kappa shape index (κ1) is 16.9. The monoisotopic (exact) mass is 429 g/mol. The number of alkyl halides is 8. The van der Waals surface area contributed by atoms with Crippen molar-refractivity contribution in [2.75, 3.05) is 13.1 Å².